The molecule has 0 radical (unpaired) electrons. The van der Waals surface area contributed by atoms with Gasteiger partial charge in [0.2, 0.25) is 0 Å². The lowest BCUT2D eigenvalue weighted by molar-refractivity contribution is -0.150. The first-order chi connectivity index (χ1) is 17.6. The monoisotopic (exact) mass is 510 g/mol. The summed E-state index contributed by atoms with van der Waals surface area (Å²) in [4.78, 5) is 23.1. The summed E-state index contributed by atoms with van der Waals surface area (Å²) in [6.45, 7) is 4.52. The molecule has 36 heavy (non-hydrogen) atoms. The van der Waals surface area contributed by atoms with Crippen LogP contribution in [0.2, 0.25) is 0 Å². The molecular weight excluding hydrogens is 448 g/mol. The second-order valence-corrected chi connectivity index (χ2v) is 11.0. The fraction of sp³-hybridized carbons (Fsp3) is 0.938. The molecule has 0 fully saturated rings. The molecule has 0 bridgehead atoms. The van der Waals surface area contributed by atoms with E-state index in [0.717, 1.165) is 64.2 Å². The van der Waals surface area contributed by atoms with Crippen LogP contribution in [-0.2, 0) is 14.3 Å². The molecular formula is C32H62O4. The summed E-state index contributed by atoms with van der Waals surface area (Å²) in [5, 5.41) is 8.75. The number of ether oxygens (including phenoxy) is 1. The van der Waals surface area contributed by atoms with E-state index in [1.165, 1.54) is 96.3 Å². The van der Waals surface area contributed by atoms with Gasteiger partial charge in [0.15, 0.2) is 0 Å². The number of unbranched alkanes of at least 4 members (excludes halogenated alkanes) is 20. The lowest BCUT2D eigenvalue weighted by Gasteiger charge is -2.18. The van der Waals surface area contributed by atoms with Gasteiger partial charge in [0.1, 0.15) is 6.10 Å². The molecule has 0 aromatic rings. The zero-order chi connectivity index (χ0) is 26.5. The Balaban J connectivity index is 4.05. The number of esters is 1. The smallest absolute Gasteiger partial charge is 0.306 e. The van der Waals surface area contributed by atoms with Crippen molar-refractivity contribution in [3.63, 3.8) is 0 Å². The van der Waals surface area contributed by atoms with Crippen LogP contribution in [0.5, 0.6) is 0 Å². The summed E-state index contributed by atoms with van der Waals surface area (Å²) in [7, 11) is 0. The zero-order valence-electron chi connectivity index (χ0n) is 24.3. The van der Waals surface area contributed by atoms with Crippen molar-refractivity contribution in [3.05, 3.63) is 0 Å². The fourth-order valence-corrected chi connectivity index (χ4v) is 4.95. The van der Waals surface area contributed by atoms with E-state index >= 15 is 0 Å². The molecule has 0 spiro atoms. The maximum Gasteiger partial charge on any atom is 0.306 e. The number of carboxylic acids is 1. The predicted octanol–water partition coefficient (Wildman–Crippen LogP) is 10.6. The first-order valence-electron chi connectivity index (χ1n) is 16.0. The molecule has 1 N–H and O–H groups in total. The maximum absolute atomic E-state index is 12.5. The molecule has 0 heterocycles. The van der Waals surface area contributed by atoms with Crippen molar-refractivity contribution in [2.45, 2.75) is 193 Å². The highest BCUT2D eigenvalue weighted by molar-refractivity contribution is 5.69. The molecule has 0 rings (SSSR count). The van der Waals surface area contributed by atoms with Crippen LogP contribution >= 0.6 is 0 Å². The van der Waals surface area contributed by atoms with E-state index in [-0.39, 0.29) is 18.5 Å². The van der Waals surface area contributed by atoms with Crippen molar-refractivity contribution in [1.29, 1.82) is 0 Å². The van der Waals surface area contributed by atoms with E-state index in [0.29, 0.717) is 6.42 Å². The minimum absolute atomic E-state index is 0.000304. The van der Waals surface area contributed by atoms with E-state index in [2.05, 4.69) is 13.8 Å². The summed E-state index contributed by atoms with van der Waals surface area (Å²) in [6, 6.07) is 0. The number of carbonyl (C=O) groups is 2. The quantitative estimate of drug-likeness (QED) is 0.0802. The SMILES string of the molecule is CCCCCCCCCCCC(=O)OC(CCCCCCCCCCC)CCCCCCCC(=O)O. The number of carboxylic acid groups (broad SMARTS) is 1. The Morgan fingerprint density at radius 2 is 0.833 bits per heavy atom. The van der Waals surface area contributed by atoms with Crippen molar-refractivity contribution in [1.82, 2.24) is 0 Å². The van der Waals surface area contributed by atoms with Gasteiger partial charge in [0, 0.05) is 12.8 Å². The minimum Gasteiger partial charge on any atom is -0.481 e. The molecule has 0 aliphatic rings. The topological polar surface area (TPSA) is 63.6 Å². The van der Waals surface area contributed by atoms with E-state index < -0.39 is 5.97 Å². The molecule has 0 aromatic heterocycles. The maximum atomic E-state index is 12.5. The molecule has 0 aliphatic carbocycles. The molecule has 0 aromatic carbocycles. The van der Waals surface area contributed by atoms with Crippen LogP contribution in [0.1, 0.15) is 187 Å². The van der Waals surface area contributed by atoms with Gasteiger partial charge in [-0.05, 0) is 38.5 Å². The van der Waals surface area contributed by atoms with Crippen molar-refractivity contribution in [2.75, 3.05) is 0 Å². The van der Waals surface area contributed by atoms with Crippen molar-refractivity contribution in [3.8, 4) is 0 Å². The summed E-state index contributed by atoms with van der Waals surface area (Å²) < 4.78 is 5.94. The molecule has 4 heteroatoms. The first kappa shape index (κ1) is 34.9. The number of rotatable bonds is 29. The first-order valence-corrected chi connectivity index (χ1v) is 16.0. The highest BCUT2D eigenvalue weighted by Gasteiger charge is 2.14. The average Bonchev–Trinajstić information content (AvgIpc) is 2.85. The Labute approximate surface area is 224 Å². The van der Waals surface area contributed by atoms with Gasteiger partial charge in [-0.2, -0.15) is 0 Å². The summed E-state index contributed by atoms with van der Waals surface area (Å²) in [6.07, 6.45) is 31.0. The number of hydrogen-bond donors (Lipinski definition) is 1. The minimum atomic E-state index is -0.699. The molecule has 1 atom stereocenters. The molecule has 214 valence electrons. The van der Waals surface area contributed by atoms with Crippen molar-refractivity contribution < 1.29 is 19.4 Å². The van der Waals surface area contributed by atoms with Gasteiger partial charge < -0.3 is 9.84 Å². The predicted molar refractivity (Wildman–Crippen MR) is 154 cm³/mol. The molecule has 1 unspecified atom stereocenters. The van der Waals surface area contributed by atoms with Crippen LogP contribution in [0.25, 0.3) is 0 Å². The fourth-order valence-electron chi connectivity index (χ4n) is 4.95. The van der Waals surface area contributed by atoms with Crippen LogP contribution in [0, 0.1) is 0 Å². The summed E-state index contributed by atoms with van der Waals surface area (Å²) in [5.74, 6) is -0.699. The van der Waals surface area contributed by atoms with Gasteiger partial charge in [-0.15, -0.1) is 0 Å². The highest BCUT2D eigenvalue weighted by Crippen LogP contribution is 2.19. The van der Waals surface area contributed by atoms with Gasteiger partial charge in [0.05, 0.1) is 0 Å². The Morgan fingerprint density at radius 3 is 1.22 bits per heavy atom. The Kier molecular flexibility index (Phi) is 27.7. The largest absolute Gasteiger partial charge is 0.481 e. The van der Waals surface area contributed by atoms with Crippen LogP contribution in [0.3, 0.4) is 0 Å². The normalized spacial score (nSPS) is 12.1. The van der Waals surface area contributed by atoms with Gasteiger partial charge in [0.25, 0.3) is 0 Å². The number of aliphatic carboxylic acids is 1. The van der Waals surface area contributed by atoms with Crippen LogP contribution in [-0.4, -0.2) is 23.1 Å². The highest BCUT2D eigenvalue weighted by atomic mass is 16.5. The third-order valence-electron chi connectivity index (χ3n) is 7.33. The van der Waals surface area contributed by atoms with E-state index in [4.69, 9.17) is 9.84 Å². The third kappa shape index (κ3) is 27.5. The van der Waals surface area contributed by atoms with Gasteiger partial charge in [-0.1, -0.05) is 136 Å². The third-order valence-corrected chi connectivity index (χ3v) is 7.33. The van der Waals surface area contributed by atoms with Crippen molar-refractivity contribution >= 4 is 11.9 Å². The number of carbonyl (C=O) groups excluding carboxylic acids is 1. The lowest BCUT2D eigenvalue weighted by Crippen LogP contribution is -2.18. The lowest BCUT2D eigenvalue weighted by atomic mass is 10.0. The van der Waals surface area contributed by atoms with E-state index in [1.807, 2.05) is 0 Å². The number of hydrogen-bond acceptors (Lipinski definition) is 3. The standard InChI is InChI=1S/C32H62O4/c1-3-5-7-9-11-13-15-18-22-26-30(27-23-19-17-20-24-28-31(33)34)36-32(35)29-25-21-16-14-12-10-8-6-4-2/h30H,3-29H2,1-2H3,(H,33,34). The summed E-state index contributed by atoms with van der Waals surface area (Å²) >= 11 is 0. The summed E-state index contributed by atoms with van der Waals surface area (Å²) in [5.41, 5.74) is 0. The van der Waals surface area contributed by atoms with E-state index in [1.54, 1.807) is 0 Å². The van der Waals surface area contributed by atoms with Gasteiger partial charge in [-0.3, -0.25) is 9.59 Å². The van der Waals surface area contributed by atoms with E-state index in [9.17, 15) is 9.59 Å². The van der Waals surface area contributed by atoms with Crippen molar-refractivity contribution in [2.24, 2.45) is 0 Å². The Hall–Kier alpha value is -1.06. The molecule has 0 saturated heterocycles. The average molecular weight is 511 g/mol. The Bertz CT molecular complexity index is 477. The van der Waals surface area contributed by atoms with Crippen LogP contribution in [0.4, 0.5) is 0 Å². The second-order valence-electron chi connectivity index (χ2n) is 11.0. The Morgan fingerprint density at radius 1 is 0.500 bits per heavy atom. The second kappa shape index (κ2) is 28.5. The molecule has 4 nitrogen and oxygen atoms in total. The van der Waals surface area contributed by atoms with Crippen LogP contribution < -0.4 is 0 Å². The van der Waals surface area contributed by atoms with Crippen LogP contribution in [0.15, 0.2) is 0 Å². The van der Waals surface area contributed by atoms with Gasteiger partial charge in [-0.25, -0.2) is 0 Å². The molecule has 0 amide bonds. The van der Waals surface area contributed by atoms with Gasteiger partial charge >= 0.3 is 11.9 Å². The molecule has 0 saturated carbocycles. The zero-order valence-corrected chi connectivity index (χ0v) is 24.3. The molecule has 0 aliphatic heterocycles.